The Labute approximate surface area is 108 Å². The van der Waals surface area contributed by atoms with Gasteiger partial charge in [0.05, 0.1) is 0 Å². The van der Waals surface area contributed by atoms with Gasteiger partial charge < -0.3 is 0 Å². The molecule has 0 fully saturated rings. The standard InChI is InChI=1S/C16H17S/c1-16(2,3)13-9-11-15(12-10-13)17-14-7-5-4-6-8-14/h5-12H,1-3H3. The summed E-state index contributed by atoms with van der Waals surface area (Å²) in [4.78, 5) is 2.54. The number of rotatable bonds is 2. The maximum Gasteiger partial charge on any atom is 0.0122 e. The van der Waals surface area contributed by atoms with Crippen LogP contribution in [0.25, 0.3) is 0 Å². The largest absolute Gasteiger partial charge is 0.0901 e. The van der Waals surface area contributed by atoms with Crippen molar-refractivity contribution in [2.45, 2.75) is 36.0 Å². The Morgan fingerprint density at radius 3 is 1.88 bits per heavy atom. The fraction of sp³-hybridized carbons (Fsp3) is 0.250. The van der Waals surface area contributed by atoms with Gasteiger partial charge in [0.15, 0.2) is 0 Å². The third kappa shape index (κ3) is 3.37. The highest BCUT2D eigenvalue weighted by atomic mass is 32.2. The van der Waals surface area contributed by atoms with E-state index in [1.165, 1.54) is 15.4 Å². The van der Waals surface area contributed by atoms with Crippen molar-refractivity contribution >= 4 is 11.8 Å². The minimum Gasteiger partial charge on any atom is -0.0901 e. The molecular weight excluding hydrogens is 224 g/mol. The van der Waals surface area contributed by atoms with Crippen molar-refractivity contribution in [3.8, 4) is 0 Å². The second-order valence-corrected chi connectivity index (χ2v) is 6.26. The van der Waals surface area contributed by atoms with Crippen molar-refractivity contribution in [3.05, 3.63) is 60.2 Å². The van der Waals surface area contributed by atoms with Crippen LogP contribution in [0.2, 0.25) is 0 Å². The first kappa shape index (κ1) is 12.3. The van der Waals surface area contributed by atoms with Gasteiger partial charge in [-0.15, -0.1) is 0 Å². The van der Waals surface area contributed by atoms with Crippen LogP contribution in [-0.4, -0.2) is 0 Å². The molecule has 0 amide bonds. The van der Waals surface area contributed by atoms with Gasteiger partial charge in [-0.25, -0.2) is 0 Å². The van der Waals surface area contributed by atoms with E-state index in [0.29, 0.717) is 0 Å². The highest BCUT2D eigenvalue weighted by Crippen LogP contribution is 2.29. The van der Waals surface area contributed by atoms with Gasteiger partial charge in [0.2, 0.25) is 0 Å². The molecule has 0 bridgehead atoms. The van der Waals surface area contributed by atoms with Crippen LogP contribution in [0.1, 0.15) is 26.3 Å². The SMILES string of the molecule is CC(C)(C)c1ccc(Sc2cc[c]cc2)cc1. The fourth-order valence-corrected chi connectivity index (χ4v) is 2.42. The summed E-state index contributed by atoms with van der Waals surface area (Å²) in [5, 5.41) is 0. The van der Waals surface area contributed by atoms with Crippen molar-refractivity contribution in [2.24, 2.45) is 0 Å². The Balaban J connectivity index is 2.14. The molecule has 0 saturated carbocycles. The molecule has 0 saturated heterocycles. The molecule has 0 aromatic heterocycles. The highest BCUT2D eigenvalue weighted by molar-refractivity contribution is 7.99. The van der Waals surface area contributed by atoms with Gasteiger partial charge in [0, 0.05) is 9.79 Å². The molecule has 0 N–H and O–H groups in total. The van der Waals surface area contributed by atoms with Gasteiger partial charge in [-0.05, 0) is 41.3 Å². The molecule has 0 aliphatic carbocycles. The maximum absolute atomic E-state index is 3.03. The summed E-state index contributed by atoms with van der Waals surface area (Å²) >= 11 is 1.79. The van der Waals surface area contributed by atoms with Crippen LogP contribution in [0.5, 0.6) is 0 Å². The molecular formula is C16H17S. The Morgan fingerprint density at radius 2 is 1.35 bits per heavy atom. The molecule has 17 heavy (non-hydrogen) atoms. The average molecular weight is 241 g/mol. The molecule has 0 nitrogen and oxygen atoms in total. The molecule has 0 unspecified atom stereocenters. The number of benzene rings is 2. The van der Waals surface area contributed by atoms with Crippen LogP contribution in [0, 0.1) is 6.07 Å². The average Bonchev–Trinajstić information content (AvgIpc) is 2.30. The lowest BCUT2D eigenvalue weighted by atomic mass is 9.87. The number of hydrogen-bond donors (Lipinski definition) is 0. The third-order valence-corrected chi connectivity index (χ3v) is 3.66. The van der Waals surface area contributed by atoms with Gasteiger partial charge in [-0.3, -0.25) is 0 Å². The summed E-state index contributed by atoms with van der Waals surface area (Å²) in [6, 6.07) is 19.9. The van der Waals surface area contributed by atoms with Crippen molar-refractivity contribution in [2.75, 3.05) is 0 Å². The van der Waals surface area contributed by atoms with E-state index in [1.54, 1.807) is 11.8 Å². The summed E-state index contributed by atoms with van der Waals surface area (Å²) < 4.78 is 0. The summed E-state index contributed by atoms with van der Waals surface area (Å²) in [6.45, 7) is 6.71. The molecule has 0 spiro atoms. The van der Waals surface area contributed by atoms with E-state index in [4.69, 9.17) is 0 Å². The first-order chi connectivity index (χ1) is 8.05. The van der Waals surface area contributed by atoms with E-state index < -0.39 is 0 Å². The van der Waals surface area contributed by atoms with Gasteiger partial charge in [0.1, 0.15) is 0 Å². The second-order valence-electron chi connectivity index (χ2n) is 5.11. The summed E-state index contributed by atoms with van der Waals surface area (Å²) in [5.74, 6) is 0. The quantitative estimate of drug-likeness (QED) is 0.718. The van der Waals surface area contributed by atoms with Crippen LogP contribution in [0.15, 0.2) is 58.3 Å². The smallest absolute Gasteiger partial charge is 0.0122 e. The molecule has 87 valence electrons. The van der Waals surface area contributed by atoms with Crippen LogP contribution >= 0.6 is 11.8 Å². The first-order valence-electron chi connectivity index (χ1n) is 5.80. The van der Waals surface area contributed by atoms with E-state index in [0.717, 1.165) is 0 Å². The van der Waals surface area contributed by atoms with Gasteiger partial charge in [-0.2, -0.15) is 0 Å². The molecule has 1 heteroatoms. The first-order valence-corrected chi connectivity index (χ1v) is 6.62. The van der Waals surface area contributed by atoms with E-state index in [9.17, 15) is 0 Å². The lowest BCUT2D eigenvalue weighted by molar-refractivity contribution is 0.590. The lowest BCUT2D eigenvalue weighted by Crippen LogP contribution is -2.10. The van der Waals surface area contributed by atoms with Crippen LogP contribution in [0.3, 0.4) is 0 Å². The van der Waals surface area contributed by atoms with Crippen LogP contribution < -0.4 is 0 Å². The molecule has 2 aromatic carbocycles. The molecule has 0 atom stereocenters. The highest BCUT2D eigenvalue weighted by Gasteiger charge is 2.12. The predicted octanol–water partition coefficient (Wildman–Crippen LogP) is 4.94. The monoisotopic (exact) mass is 241 g/mol. The van der Waals surface area contributed by atoms with Gasteiger partial charge >= 0.3 is 0 Å². The maximum atomic E-state index is 3.03. The fourth-order valence-electron chi connectivity index (χ4n) is 1.60. The molecule has 0 aliphatic rings. The molecule has 2 aromatic rings. The molecule has 0 heterocycles. The lowest BCUT2D eigenvalue weighted by Gasteiger charge is -2.19. The number of hydrogen-bond acceptors (Lipinski definition) is 1. The van der Waals surface area contributed by atoms with Crippen molar-refractivity contribution in [1.82, 2.24) is 0 Å². The predicted molar refractivity (Wildman–Crippen MR) is 74.5 cm³/mol. The second kappa shape index (κ2) is 4.97. The van der Waals surface area contributed by atoms with Crippen molar-refractivity contribution < 1.29 is 0 Å². The Kier molecular flexibility index (Phi) is 3.58. The Bertz CT molecular complexity index is 463. The van der Waals surface area contributed by atoms with Crippen molar-refractivity contribution in [1.29, 1.82) is 0 Å². The zero-order chi connectivity index (χ0) is 12.3. The van der Waals surface area contributed by atoms with Crippen LogP contribution in [0.4, 0.5) is 0 Å². The Hall–Kier alpha value is -1.21. The zero-order valence-corrected chi connectivity index (χ0v) is 11.3. The van der Waals surface area contributed by atoms with Crippen molar-refractivity contribution in [3.63, 3.8) is 0 Å². The summed E-state index contributed by atoms with van der Waals surface area (Å²) in [6.07, 6.45) is 0. The van der Waals surface area contributed by atoms with E-state index in [1.807, 2.05) is 12.1 Å². The van der Waals surface area contributed by atoms with E-state index in [-0.39, 0.29) is 5.41 Å². The topological polar surface area (TPSA) is 0 Å². The van der Waals surface area contributed by atoms with E-state index in [2.05, 4.69) is 63.2 Å². The minimum absolute atomic E-state index is 0.227. The van der Waals surface area contributed by atoms with Crippen LogP contribution in [-0.2, 0) is 5.41 Å². The summed E-state index contributed by atoms with van der Waals surface area (Å²) in [5.41, 5.74) is 1.61. The summed E-state index contributed by atoms with van der Waals surface area (Å²) in [7, 11) is 0. The molecule has 2 rings (SSSR count). The van der Waals surface area contributed by atoms with Gasteiger partial charge in [0.25, 0.3) is 0 Å². The van der Waals surface area contributed by atoms with E-state index >= 15 is 0 Å². The van der Waals surface area contributed by atoms with Gasteiger partial charge in [-0.1, -0.05) is 56.8 Å². The third-order valence-electron chi connectivity index (χ3n) is 2.64. The minimum atomic E-state index is 0.227. The Morgan fingerprint density at radius 1 is 0.824 bits per heavy atom. The molecule has 1 radical (unpaired) electrons. The zero-order valence-electron chi connectivity index (χ0n) is 10.5. The molecule has 0 aliphatic heterocycles. The normalized spacial score (nSPS) is 11.5.